The summed E-state index contributed by atoms with van der Waals surface area (Å²) < 4.78 is 19.4. The van der Waals surface area contributed by atoms with Gasteiger partial charge in [-0.3, -0.25) is 24.1 Å². The zero-order valence-corrected chi connectivity index (χ0v) is 49.6. The number of nitrogens with one attached hydrogen (secondary N) is 1. The van der Waals surface area contributed by atoms with Gasteiger partial charge in [0.05, 0.1) is 60.4 Å². The van der Waals surface area contributed by atoms with Gasteiger partial charge in [-0.05, 0) is 148 Å². The molecule has 0 fully saturated rings. The molecule has 4 N–H and O–H groups in total. The number of carbonyl (C=O) groups excluding carboxylic acids is 5. The third-order valence-corrected chi connectivity index (χ3v) is 12.7. The SMILES string of the molecule is C.C.CC(C)(C)OC(=O)Nc1ccccc1CC(=O)/C=C/c1cnc2ccccn12.CCOC(=O)/C=C/c1cnc2ccccn12.Nc1ccccc1CC(=O)/C=C/c1cnc2ccccn12.O=C(O)/C=C/c1cnc2ccccn12.O=Cc1cnc2ccccn12. The summed E-state index contributed by atoms with van der Waals surface area (Å²) in [6.07, 6.45) is 30.8. The number of aromatic nitrogens is 10. The summed E-state index contributed by atoms with van der Waals surface area (Å²) >= 11 is 0. The van der Waals surface area contributed by atoms with Crippen LogP contribution in [0, 0.1) is 0 Å². The number of ether oxygens (including phenoxy) is 2. The number of esters is 1. The van der Waals surface area contributed by atoms with Gasteiger partial charge in [0.15, 0.2) is 17.9 Å². The van der Waals surface area contributed by atoms with Crippen LogP contribution in [0.4, 0.5) is 16.2 Å². The number of carboxylic acids is 1. The number of imidazole rings is 5. The molecule has 2 aromatic carbocycles. The minimum atomic E-state index is -0.962. The number of carboxylic acid groups (broad SMARTS) is 1. The number of anilines is 2. The Bertz CT molecular complexity index is 4570. The Morgan fingerprint density at radius 2 is 0.837 bits per heavy atom. The highest BCUT2D eigenvalue weighted by Gasteiger charge is 2.18. The lowest BCUT2D eigenvalue weighted by atomic mass is 10.1. The van der Waals surface area contributed by atoms with Gasteiger partial charge in [0, 0.05) is 67.4 Å². The van der Waals surface area contributed by atoms with E-state index in [9.17, 15) is 28.8 Å². The Morgan fingerprint density at radius 3 is 1.23 bits per heavy atom. The molecule has 0 saturated heterocycles. The number of benzene rings is 2. The molecule has 10 heterocycles. The molecule has 10 aromatic heterocycles. The summed E-state index contributed by atoms with van der Waals surface area (Å²) in [4.78, 5) is 89.3. The molecule has 0 aliphatic heterocycles. The minimum absolute atomic E-state index is 0. The highest BCUT2D eigenvalue weighted by atomic mass is 16.6. The molecule has 0 bridgehead atoms. The van der Waals surface area contributed by atoms with Crippen molar-refractivity contribution in [2.24, 2.45) is 0 Å². The molecule has 21 nitrogen and oxygen atoms in total. The molecule has 470 valence electrons. The number of aliphatic carboxylic acids is 1. The van der Waals surface area contributed by atoms with Crippen molar-refractivity contribution in [1.29, 1.82) is 0 Å². The fraction of sp³-hybridized carbons (Fsp3) is 0.141. The van der Waals surface area contributed by atoms with Crippen LogP contribution in [-0.4, -0.2) is 100 Å². The smallest absolute Gasteiger partial charge is 0.412 e. The van der Waals surface area contributed by atoms with E-state index in [4.69, 9.17) is 20.3 Å². The van der Waals surface area contributed by atoms with Crippen molar-refractivity contribution < 1.29 is 43.3 Å². The zero-order chi connectivity index (χ0) is 63.8. The summed E-state index contributed by atoms with van der Waals surface area (Å²) in [7, 11) is 0. The molecule has 0 aliphatic carbocycles. The van der Waals surface area contributed by atoms with Gasteiger partial charge in [-0.25, -0.2) is 39.3 Å². The van der Waals surface area contributed by atoms with Crippen LogP contribution in [-0.2, 0) is 41.5 Å². The predicted octanol–water partition coefficient (Wildman–Crippen LogP) is 13.0. The number of hydrogen-bond donors (Lipinski definition) is 3. The van der Waals surface area contributed by atoms with Crippen molar-refractivity contribution in [1.82, 2.24) is 46.9 Å². The van der Waals surface area contributed by atoms with Crippen LogP contribution >= 0.6 is 0 Å². The van der Waals surface area contributed by atoms with Crippen molar-refractivity contribution in [3.8, 4) is 0 Å². The number of amides is 1. The van der Waals surface area contributed by atoms with E-state index >= 15 is 0 Å². The summed E-state index contributed by atoms with van der Waals surface area (Å²) in [5.74, 6) is -1.37. The summed E-state index contributed by atoms with van der Waals surface area (Å²) in [6.45, 7) is 7.56. The Balaban J connectivity index is 0.000000188. The van der Waals surface area contributed by atoms with E-state index in [1.165, 1.54) is 18.2 Å². The van der Waals surface area contributed by atoms with E-state index in [2.05, 4.69) is 30.2 Å². The number of ketones is 2. The van der Waals surface area contributed by atoms with E-state index < -0.39 is 17.7 Å². The first kappa shape index (κ1) is 69.0. The van der Waals surface area contributed by atoms with Gasteiger partial charge >= 0.3 is 18.0 Å². The highest BCUT2D eigenvalue weighted by molar-refractivity contribution is 5.97. The Labute approximate surface area is 531 Å². The number of aldehydes is 1. The normalized spacial score (nSPS) is 11.0. The monoisotopic (exact) mass is 1240 g/mol. The van der Waals surface area contributed by atoms with Gasteiger partial charge in [-0.2, -0.15) is 0 Å². The van der Waals surface area contributed by atoms with Gasteiger partial charge < -0.3 is 37.9 Å². The van der Waals surface area contributed by atoms with Crippen molar-refractivity contribution in [2.45, 2.75) is 61.0 Å². The average Bonchev–Trinajstić information content (AvgIpc) is 1.89. The highest BCUT2D eigenvalue weighted by Crippen LogP contribution is 2.20. The van der Waals surface area contributed by atoms with Crippen LogP contribution in [0.2, 0.25) is 0 Å². The van der Waals surface area contributed by atoms with Crippen LogP contribution in [0.25, 0.3) is 52.5 Å². The van der Waals surface area contributed by atoms with Crippen molar-refractivity contribution in [3.05, 3.63) is 265 Å². The second-order valence-corrected chi connectivity index (χ2v) is 20.4. The van der Waals surface area contributed by atoms with Crippen LogP contribution in [0.5, 0.6) is 0 Å². The molecule has 12 aromatic rings. The number of carbonyl (C=O) groups is 6. The molecule has 92 heavy (non-hydrogen) atoms. The number of hydrogen-bond acceptors (Lipinski definition) is 14. The molecular weight excluding hydrogens is 1160 g/mol. The number of nitrogens with zero attached hydrogens (tertiary/aromatic N) is 10. The van der Waals surface area contributed by atoms with Gasteiger partial charge in [0.25, 0.3) is 0 Å². The zero-order valence-electron chi connectivity index (χ0n) is 49.6. The Kier molecular flexibility index (Phi) is 25.4. The largest absolute Gasteiger partial charge is 0.478 e. The van der Waals surface area contributed by atoms with E-state index in [-0.39, 0.29) is 38.8 Å². The fourth-order valence-electron chi connectivity index (χ4n) is 8.60. The third kappa shape index (κ3) is 19.9. The standard InChI is InChI=1S/C22H23N3O3.C17H15N3O.C12H12N2O2.C10H8N2O2.C8H6N2O.2CH4/c1-22(2,3)28-21(27)24-19-9-5-4-8-16(19)14-18(26)12-11-17-15-23-20-10-6-7-13-25(17)20;18-16-6-2-1-5-13(16)11-15(21)9-8-14-12-19-17-7-3-4-10-20(14)17;1-2-16-12(15)7-6-10-9-13-11-5-3-4-8-14(10)11;13-10(14)5-4-8-7-11-9-3-1-2-6-12(8)9;11-6-7-5-9-8-3-1-2-4-10(7)8;;/h4-13,15H,14H2,1-3H3,(H,24,27);1-10,12H,11,18H2;3-9H,2H2,1H3;1-7H,(H,13,14);1-6H;2*1H4/b12-11+;9-8+;7-6+;5-4+;;;. The maximum atomic E-state index is 12.5. The molecule has 0 aliphatic rings. The average molecular weight is 1240 g/mol. The molecular formula is C71H72N12O9. The summed E-state index contributed by atoms with van der Waals surface area (Å²) in [6, 6.07) is 43.1. The fourth-order valence-corrected chi connectivity index (χ4v) is 8.60. The van der Waals surface area contributed by atoms with Gasteiger partial charge in [0.1, 0.15) is 39.5 Å². The first-order valence-electron chi connectivity index (χ1n) is 28.2. The number of rotatable bonds is 15. The van der Waals surface area contributed by atoms with Crippen LogP contribution in [0.3, 0.4) is 0 Å². The van der Waals surface area contributed by atoms with Crippen molar-refractivity contribution >= 4 is 99.8 Å². The number of para-hydroxylation sites is 2. The van der Waals surface area contributed by atoms with E-state index in [0.29, 0.717) is 30.1 Å². The lowest BCUT2D eigenvalue weighted by Crippen LogP contribution is -2.27. The number of fused-ring (bicyclic) bond motifs is 5. The lowest BCUT2D eigenvalue weighted by molar-refractivity contribution is -0.137. The number of pyridine rings is 5. The summed E-state index contributed by atoms with van der Waals surface area (Å²) in [5.41, 5.74) is 16.1. The molecule has 0 spiro atoms. The molecule has 0 radical (unpaired) electrons. The first-order valence-corrected chi connectivity index (χ1v) is 28.2. The maximum Gasteiger partial charge on any atom is 0.412 e. The van der Waals surface area contributed by atoms with E-state index in [1.54, 1.807) is 106 Å². The Morgan fingerprint density at radius 1 is 0.489 bits per heavy atom. The second kappa shape index (κ2) is 33.8. The van der Waals surface area contributed by atoms with E-state index in [1.807, 2.05) is 170 Å². The molecule has 21 heteroatoms. The quantitative estimate of drug-likeness (QED) is 0.0373. The van der Waals surface area contributed by atoms with E-state index in [0.717, 1.165) is 74.5 Å². The second-order valence-electron chi connectivity index (χ2n) is 20.4. The van der Waals surface area contributed by atoms with Crippen LogP contribution in [0.1, 0.15) is 86.9 Å². The molecule has 0 saturated carbocycles. The Hall–Kier alpha value is -12.1. The molecule has 0 unspecified atom stereocenters. The van der Waals surface area contributed by atoms with Gasteiger partial charge in [0.2, 0.25) is 0 Å². The third-order valence-electron chi connectivity index (χ3n) is 12.7. The molecule has 0 atom stereocenters. The van der Waals surface area contributed by atoms with Gasteiger partial charge in [-0.15, -0.1) is 0 Å². The van der Waals surface area contributed by atoms with Crippen molar-refractivity contribution in [2.75, 3.05) is 17.7 Å². The molecule has 12 rings (SSSR count). The number of nitrogen functional groups attached to an aromatic ring is 1. The van der Waals surface area contributed by atoms with Gasteiger partial charge in [-0.1, -0.05) is 81.6 Å². The maximum absolute atomic E-state index is 12.5. The van der Waals surface area contributed by atoms with Crippen molar-refractivity contribution in [3.63, 3.8) is 0 Å². The number of allylic oxidation sites excluding steroid dienone is 2. The topological polar surface area (TPSA) is 266 Å². The lowest BCUT2D eigenvalue weighted by Gasteiger charge is -2.20. The number of nitrogens with two attached hydrogens (primary N) is 1. The van der Waals surface area contributed by atoms with Crippen LogP contribution in [0.15, 0.2) is 226 Å². The van der Waals surface area contributed by atoms with Crippen LogP contribution < -0.4 is 11.1 Å². The summed E-state index contributed by atoms with van der Waals surface area (Å²) in [5, 5.41) is 11.2. The first-order chi connectivity index (χ1) is 43.5. The minimum Gasteiger partial charge on any atom is -0.478 e. The molecule has 1 amide bonds. The predicted molar refractivity (Wildman–Crippen MR) is 360 cm³/mol.